The molecule has 162 valence electrons. The maximum atomic E-state index is 12.3. The number of esters is 1. The normalized spacial score (nSPS) is 16.1. The Labute approximate surface area is 180 Å². The molecule has 0 amide bonds. The number of aliphatic hydroxyl groups excluding tert-OH is 3. The number of ether oxygens (including phenoxy) is 2. The van der Waals surface area contributed by atoms with E-state index in [4.69, 9.17) is 14.6 Å². The lowest BCUT2D eigenvalue weighted by Gasteiger charge is -2.30. The summed E-state index contributed by atoms with van der Waals surface area (Å²) < 4.78 is 10.8. The van der Waals surface area contributed by atoms with Crippen molar-refractivity contribution >= 4 is 24.9 Å². The van der Waals surface area contributed by atoms with Crippen LogP contribution in [0.2, 0.25) is 0 Å². The van der Waals surface area contributed by atoms with Gasteiger partial charge in [0.05, 0.1) is 18.8 Å². The summed E-state index contributed by atoms with van der Waals surface area (Å²) in [7, 11) is 0. The van der Waals surface area contributed by atoms with Crippen molar-refractivity contribution in [2.24, 2.45) is 0 Å². The minimum absolute atomic E-state index is 0.00507. The number of carbonyl (C=O) groups is 2. The fourth-order valence-corrected chi connectivity index (χ4v) is 3.12. The van der Waals surface area contributed by atoms with E-state index in [0.717, 1.165) is 5.56 Å². The third-order valence-electron chi connectivity index (χ3n) is 4.42. The molecule has 0 aliphatic carbocycles. The van der Waals surface area contributed by atoms with Crippen LogP contribution in [0, 0.1) is 0 Å². The van der Waals surface area contributed by atoms with Gasteiger partial charge in [0.15, 0.2) is 12.4 Å². The molecule has 0 radical (unpaired) electrons. The Kier molecular flexibility index (Phi) is 9.99. The van der Waals surface area contributed by atoms with E-state index < -0.39 is 37.0 Å². The highest BCUT2D eigenvalue weighted by Crippen LogP contribution is 2.16. The number of hydrogen-bond donors (Lipinski definition) is 4. The van der Waals surface area contributed by atoms with E-state index >= 15 is 0 Å². The van der Waals surface area contributed by atoms with Crippen LogP contribution in [-0.4, -0.2) is 70.5 Å². The maximum absolute atomic E-state index is 12.3. The summed E-state index contributed by atoms with van der Waals surface area (Å²) in [6.07, 6.45) is -5.24. The van der Waals surface area contributed by atoms with Gasteiger partial charge < -0.3 is 24.8 Å². The molecule has 1 unspecified atom stereocenters. The minimum atomic E-state index is -1.66. The summed E-state index contributed by atoms with van der Waals surface area (Å²) >= 11 is 4.47. The topological polar surface area (TPSA) is 113 Å². The largest absolute Gasteiger partial charge is 0.448 e. The molecule has 8 heteroatoms. The first-order chi connectivity index (χ1) is 14.5. The van der Waals surface area contributed by atoms with Crippen molar-refractivity contribution in [3.63, 3.8) is 0 Å². The van der Waals surface area contributed by atoms with Crippen molar-refractivity contribution in [1.29, 1.82) is 0 Å². The first-order valence-corrected chi connectivity index (χ1v) is 9.99. The van der Waals surface area contributed by atoms with Gasteiger partial charge in [-0.2, -0.15) is 12.6 Å². The zero-order valence-electron chi connectivity index (χ0n) is 16.3. The van der Waals surface area contributed by atoms with Gasteiger partial charge >= 0.3 is 5.97 Å². The molecular weight excluding hydrogens is 408 g/mol. The monoisotopic (exact) mass is 434 g/mol. The van der Waals surface area contributed by atoms with E-state index in [1.807, 2.05) is 30.3 Å². The average Bonchev–Trinajstić information content (AvgIpc) is 2.78. The molecule has 0 aromatic heterocycles. The molecule has 7 nitrogen and oxygen atoms in total. The van der Waals surface area contributed by atoms with E-state index in [-0.39, 0.29) is 17.4 Å². The zero-order chi connectivity index (χ0) is 21.9. The number of carbonyl (C=O) groups excluding carboxylic acids is 2. The molecule has 2 rings (SSSR count). The predicted octanol–water partition coefficient (Wildman–Crippen LogP) is 1.05. The van der Waals surface area contributed by atoms with Crippen molar-refractivity contribution in [3.8, 4) is 0 Å². The second kappa shape index (κ2) is 12.5. The molecule has 30 heavy (non-hydrogen) atoms. The Morgan fingerprint density at radius 1 is 1.03 bits per heavy atom. The molecule has 2 aromatic rings. The number of benzene rings is 2. The predicted molar refractivity (Wildman–Crippen MR) is 113 cm³/mol. The molecule has 0 aliphatic rings. The van der Waals surface area contributed by atoms with Crippen LogP contribution in [0.5, 0.6) is 0 Å². The number of rotatable bonds is 12. The van der Waals surface area contributed by atoms with Crippen molar-refractivity contribution in [2.45, 2.75) is 36.1 Å². The summed E-state index contributed by atoms with van der Waals surface area (Å²) in [6.45, 7) is -0.751. The first-order valence-electron chi connectivity index (χ1n) is 9.48. The average molecular weight is 435 g/mol. The van der Waals surface area contributed by atoms with E-state index in [2.05, 4.69) is 12.6 Å². The highest BCUT2D eigenvalue weighted by Gasteiger charge is 2.36. The molecule has 3 N–H and O–H groups in total. The molecule has 5 atom stereocenters. The molecular formula is C22H26O7S. The Bertz CT molecular complexity index is 772. The van der Waals surface area contributed by atoms with Crippen LogP contribution in [-0.2, 0) is 20.7 Å². The number of hydrogen-bond acceptors (Lipinski definition) is 8. The lowest BCUT2D eigenvalue weighted by atomic mass is 10.0. The maximum Gasteiger partial charge on any atom is 0.338 e. The Morgan fingerprint density at radius 3 is 2.20 bits per heavy atom. The summed E-state index contributed by atoms with van der Waals surface area (Å²) in [6, 6.07) is 17.6. The van der Waals surface area contributed by atoms with Gasteiger partial charge in [-0.25, -0.2) is 4.79 Å². The molecule has 0 bridgehead atoms. The van der Waals surface area contributed by atoms with Crippen molar-refractivity contribution in [3.05, 3.63) is 71.8 Å². The van der Waals surface area contributed by atoms with Crippen LogP contribution in [0.15, 0.2) is 60.7 Å². The van der Waals surface area contributed by atoms with Crippen LogP contribution in [0.4, 0.5) is 0 Å². The summed E-state index contributed by atoms with van der Waals surface area (Å²) in [5, 5.41) is 29.1. The zero-order valence-corrected chi connectivity index (χ0v) is 17.2. The highest BCUT2D eigenvalue weighted by molar-refractivity contribution is 7.81. The summed E-state index contributed by atoms with van der Waals surface area (Å²) in [5.41, 5.74) is 1.24. The Hall–Kier alpha value is -2.23. The third kappa shape index (κ3) is 7.23. The summed E-state index contributed by atoms with van der Waals surface area (Å²) in [5.74, 6) is -0.779. The molecule has 0 fully saturated rings. The van der Waals surface area contributed by atoms with Crippen molar-refractivity contribution in [1.82, 2.24) is 0 Å². The summed E-state index contributed by atoms with van der Waals surface area (Å²) in [4.78, 5) is 23.9. The molecule has 0 heterocycles. The molecule has 0 saturated carbocycles. The van der Waals surface area contributed by atoms with Gasteiger partial charge in [0.2, 0.25) is 0 Å². The number of aliphatic hydroxyl groups is 3. The van der Waals surface area contributed by atoms with Gasteiger partial charge in [-0.05, 0) is 24.1 Å². The molecule has 0 aliphatic heterocycles. The SMILES string of the molecule is O=C[C@H](OC(=O)c1ccccc1)[C@@H](OCC(S)Cc1ccccc1)[C@H](O)[C@H](O)CO. The smallest absolute Gasteiger partial charge is 0.338 e. The van der Waals surface area contributed by atoms with E-state index in [9.17, 15) is 19.8 Å². The van der Waals surface area contributed by atoms with Gasteiger partial charge in [-0.15, -0.1) is 0 Å². The van der Waals surface area contributed by atoms with Crippen molar-refractivity contribution in [2.75, 3.05) is 13.2 Å². The molecule has 2 aromatic carbocycles. The van der Waals surface area contributed by atoms with E-state index in [1.165, 1.54) is 12.1 Å². The van der Waals surface area contributed by atoms with Crippen LogP contribution in [0.25, 0.3) is 0 Å². The van der Waals surface area contributed by atoms with E-state index in [0.29, 0.717) is 12.7 Å². The Balaban J connectivity index is 2.08. The molecule has 0 saturated heterocycles. The van der Waals surface area contributed by atoms with Crippen LogP contribution in [0.3, 0.4) is 0 Å². The fourth-order valence-electron chi connectivity index (χ4n) is 2.82. The number of thiol groups is 1. The standard InChI is InChI=1S/C22H26O7S/c23-12-18(25)20(26)21(28-14-17(30)11-15-7-3-1-4-8-15)19(13-24)29-22(27)16-9-5-2-6-10-16/h1-10,13,17-21,23,25-26,30H,11-12,14H2/t17?,18-,19+,20-,21-/m1/s1. The van der Waals surface area contributed by atoms with Gasteiger partial charge in [-0.3, -0.25) is 4.79 Å². The fraction of sp³-hybridized carbons (Fsp3) is 0.364. The third-order valence-corrected chi connectivity index (χ3v) is 4.76. The lowest BCUT2D eigenvalue weighted by molar-refractivity contribution is -0.151. The van der Waals surface area contributed by atoms with Crippen LogP contribution < -0.4 is 0 Å². The van der Waals surface area contributed by atoms with Gasteiger partial charge in [0, 0.05) is 5.25 Å². The van der Waals surface area contributed by atoms with Crippen LogP contribution >= 0.6 is 12.6 Å². The van der Waals surface area contributed by atoms with Gasteiger partial charge in [-0.1, -0.05) is 48.5 Å². The first kappa shape index (κ1) is 24.0. The quantitative estimate of drug-likeness (QED) is 0.224. The van der Waals surface area contributed by atoms with Gasteiger partial charge in [0.1, 0.15) is 18.3 Å². The highest BCUT2D eigenvalue weighted by atomic mass is 32.1. The molecule has 0 spiro atoms. The lowest BCUT2D eigenvalue weighted by Crippen LogP contribution is -2.50. The van der Waals surface area contributed by atoms with Gasteiger partial charge in [0.25, 0.3) is 0 Å². The van der Waals surface area contributed by atoms with Crippen molar-refractivity contribution < 1.29 is 34.4 Å². The minimum Gasteiger partial charge on any atom is -0.448 e. The Morgan fingerprint density at radius 2 is 1.63 bits per heavy atom. The number of aldehydes is 1. The second-order valence-corrected chi connectivity index (χ2v) is 7.48. The van der Waals surface area contributed by atoms with Crippen LogP contribution in [0.1, 0.15) is 15.9 Å². The van der Waals surface area contributed by atoms with E-state index in [1.54, 1.807) is 18.2 Å². The second-order valence-electron chi connectivity index (χ2n) is 6.75.